The molecule has 1 fully saturated rings. The van der Waals surface area contributed by atoms with Crippen molar-refractivity contribution < 1.29 is 23.9 Å². The molecule has 3 amide bonds. The first kappa shape index (κ1) is 25.4. The lowest BCUT2D eigenvalue weighted by atomic mass is 9.95. The van der Waals surface area contributed by atoms with Crippen molar-refractivity contribution in [2.24, 2.45) is 11.8 Å². The highest BCUT2D eigenvalue weighted by Crippen LogP contribution is 2.20. The Kier molecular flexibility index (Phi) is 9.15. The smallest absolute Gasteiger partial charge is 0.408 e. The summed E-state index contributed by atoms with van der Waals surface area (Å²) in [6, 6.07) is 7.40. The Balaban J connectivity index is 1.67. The summed E-state index contributed by atoms with van der Waals surface area (Å²) in [7, 11) is 0. The lowest BCUT2D eigenvalue weighted by Gasteiger charge is -2.24. The topological polar surface area (TPSA) is 126 Å². The first-order valence-corrected chi connectivity index (χ1v) is 12.2. The normalized spacial score (nSPS) is 17.0. The third-order valence-corrected chi connectivity index (χ3v) is 6.28. The van der Waals surface area contributed by atoms with Gasteiger partial charge >= 0.3 is 6.09 Å². The van der Waals surface area contributed by atoms with E-state index in [-0.39, 0.29) is 41.6 Å². The molecule has 1 aliphatic rings. The van der Waals surface area contributed by atoms with Crippen molar-refractivity contribution >= 4 is 35.0 Å². The molecule has 0 bridgehead atoms. The molecule has 0 spiro atoms. The number of benzene rings is 1. The maximum absolute atomic E-state index is 13.2. The first-order valence-electron chi connectivity index (χ1n) is 11.3. The van der Waals surface area contributed by atoms with E-state index in [1.54, 1.807) is 5.38 Å². The van der Waals surface area contributed by atoms with Crippen LogP contribution in [-0.4, -0.2) is 47.3 Å². The van der Waals surface area contributed by atoms with Gasteiger partial charge in [0.05, 0.1) is 6.04 Å². The Bertz CT molecular complexity index is 981. The van der Waals surface area contributed by atoms with Crippen molar-refractivity contribution in [2.45, 2.75) is 51.8 Å². The molecule has 1 aromatic carbocycles. The van der Waals surface area contributed by atoms with Crippen LogP contribution in [0.25, 0.3) is 0 Å². The van der Waals surface area contributed by atoms with Crippen LogP contribution in [0.5, 0.6) is 0 Å². The summed E-state index contributed by atoms with van der Waals surface area (Å²) >= 11 is 1.18. The molecular formula is C24H30N4O5S. The minimum atomic E-state index is -0.927. The van der Waals surface area contributed by atoms with Gasteiger partial charge in [-0.1, -0.05) is 44.2 Å². The van der Waals surface area contributed by atoms with Gasteiger partial charge in [0.2, 0.25) is 17.6 Å². The number of hydrogen-bond donors (Lipinski definition) is 3. The van der Waals surface area contributed by atoms with E-state index in [9.17, 15) is 19.2 Å². The number of Topliss-reactive ketones (excluding diaryl/α,β-unsaturated/α-hetero) is 1. The number of carbonyl (C=O) groups is 4. The van der Waals surface area contributed by atoms with Gasteiger partial charge < -0.3 is 20.7 Å². The SMILES string of the molecule is CC(C)C[C@H](NC(=O)OCc1ccccc1)C(=O)N[C@@H](CC1CCNC1=O)C(=O)c1nccs1. The second-order valence-electron chi connectivity index (χ2n) is 8.66. The number of ketones is 1. The van der Waals surface area contributed by atoms with Crippen molar-refractivity contribution in [1.82, 2.24) is 20.9 Å². The fraction of sp³-hybridized carbons (Fsp3) is 0.458. The Morgan fingerprint density at radius 2 is 1.94 bits per heavy atom. The molecule has 3 N–H and O–H groups in total. The summed E-state index contributed by atoms with van der Waals surface area (Å²) in [5.74, 6) is -1.26. The van der Waals surface area contributed by atoms with E-state index < -0.39 is 24.1 Å². The molecule has 0 saturated carbocycles. The average Bonchev–Trinajstić information content (AvgIpc) is 3.49. The van der Waals surface area contributed by atoms with Crippen LogP contribution < -0.4 is 16.0 Å². The van der Waals surface area contributed by atoms with Gasteiger partial charge in [0.25, 0.3) is 0 Å². The highest BCUT2D eigenvalue weighted by atomic mass is 32.1. The van der Waals surface area contributed by atoms with Gasteiger partial charge in [-0.15, -0.1) is 11.3 Å². The number of hydrogen-bond acceptors (Lipinski definition) is 7. The molecule has 3 atom stereocenters. The minimum Gasteiger partial charge on any atom is -0.445 e. The van der Waals surface area contributed by atoms with E-state index in [1.807, 2.05) is 44.2 Å². The number of carbonyl (C=O) groups excluding carboxylic acids is 4. The van der Waals surface area contributed by atoms with E-state index in [1.165, 1.54) is 17.5 Å². The fourth-order valence-corrected chi connectivity index (χ4v) is 4.39. The van der Waals surface area contributed by atoms with E-state index in [0.717, 1.165) is 5.56 Å². The van der Waals surface area contributed by atoms with E-state index in [0.29, 0.717) is 19.4 Å². The molecular weight excluding hydrogens is 456 g/mol. The summed E-state index contributed by atoms with van der Waals surface area (Å²) in [5, 5.41) is 10.1. The second kappa shape index (κ2) is 12.3. The third kappa shape index (κ3) is 7.38. The van der Waals surface area contributed by atoms with Crippen LogP contribution in [0.1, 0.15) is 48.5 Å². The lowest BCUT2D eigenvalue weighted by molar-refractivity contribution is -0.125. The van der Waals surface area contributed by atoms with Gasteiger partial charge in [-0.25, -0.2) is 9.78 Å². The zero-order valence-electron chi connectivity index (χ0n) is 19.3. The maximum Gasteiger partial charge on any atom is 0.408 e. The number of rotatable bonds is 11. The van der Waals surface area contributed by atoms with Crippen molar-refractivity contribution in [3.05, 3.63) is 52.5 Å². The van der Waals surface area contributed by atoms with E-state index >= 15 is 0 Å². The highest BCUT2D eigenvalue weighted by molar-refractivity contribution is 7.11. The van der Waals surface area contributed by atoms with Crippen molar-refractivity contribution in [2.75, 3.05) is 6.54 Å². The molecule has 0 aliphatic carbocycles. The summed E-state index contributed by atoms with van der Waals surface area (Å²) in [5.41, 5.74) is 0.825. The Morgan fingerprint density at radius 3 is 2.56 bits per heavy atom. The largest absolute Gasteiger partial charge is 0.445 e. The lowest BCUT2D eigenvalue weighted by Crippen LogP contribution is -2.52. The second-order valence-corrected chi connectivity index (χ2v) is 9.56. The van der Waals surface area contributed by atoms with Crippen LogP contribution in [0.3, 0.4) is 0 Å². The number of ether oxygens (including phenoxy) is 1. The summed E-state index contributed by atoms with van der Waals surface area (Å²) < 4.78 is 5.27. The number of aromatic nitrogens is 1. The molecule has 9 nitrogen and oxygen atoms in total. The van der Waals surface area contributed by atoms with Crippen LogP contribution >= 0.6 is 11.3 Å². The number of amides is 3. The molecule has 1 aliphatic heterocycles. The van der Waals surface area contributed by atoms with Gasteiger partial charge in [0.1, 0.15) is 12.6 Å². The van der Waals surface area contributed by atoms with Gasteiger partial charge in [-0.2, -0.15) is 0 Å². The maximum atomic E-state index is 13.2. The molecule has 1 saturated heterocycles. The van der Waals surface area contributed by atoms with Crippen molar-refractivity contribution in [3.8, 4) is 0 Å². The van der Waals surface area contributed by atoms with Crippen LogP contribution in [-0.2, 0) is 20.9 Å². The van der Waals surface area contributed by atoms with Crippen LogP contribution in [0.2, 0.25) is 0 Å². The summed E-state index contributed by atoms with van der Waals surface area (Å²) in [6.45, 7) is 4.47. The van der Waals surface area contributed by atoms with Gasteiger partial charge in [0, 0.05) is 24.0 Å². The van der Waals surface area contributed by atoms with Gasteiger partial charge in [0.15, 0.2) is 5.01 Å². The number of nitrogens with one attached hydrogen (secondary N) is 3. The molecule has 3 rings (SSSR count). The number of alkyl carbamates (subject to hydrolysis) is 1. The predicted molar refractivity (Wildman–Crippen MR) is 127 cm³/mol. The molecule has 34 heavy (non-hydrogen) atoms. The molecule has 1 aromatic heterocycles. The van der Waals surface area contributed by atoms with Crippen LogP contribution in [0.15, 0.2) is 41.9 Å². The highest BCUT2D eigenvalue weighted by Gasteiger charge is 2.34. The van der Waals surface area contributed by atoms with Crippen LogP contribution in [0, 0.1) is 11.8 Å². The standard InChI is InChI=1S/C24H30N4O5S/c1-15(2)12-19(28-24(32)33-14-16-6-4-3-5-7-16)22(31)27-18(13-17-8-9-25-21(17)30)20(29)23-26-10-11-34-23/h3-7,10-11,15,17-19H,8-9,12-14H2,1-2H3,(H,25,30)(H,27,31)(H,28,32)/t17?,18-,19-/m0/s1. The molecule has 10 heteroatoms. The molecule has 1 unspecified atom stereocenters. The summed E-state index contributed by atoms with van der Waals surface area (Å²) in [4.78, 5) is 54.8. The van der Waals surface area contributed by atoms with Gasteiger partial charge in [-0.05, 0) is 30.7 Å². The van der Waals surface area contributed by atoms with Crippen LogP contribution in [0.4, 0.5) is 4.79 Å². The fourth-order valence-electron chi connectivity index (χ4n) is 3.76. The molecule has 0 radical (unpaired) electrons. The molecule has 182 valence electrons. The monoisotopic (exact) mass is 486 g/mol. The Labute approximate surface area is 202 Å². The third-order valence-electron chi connectivity index (χ3n) is 5.49. The van der Waals surface area contributed by atoms with Crippen molar-refractivity contribution in [1.29, 1.82) is 0 Å². The molecule has 2 aromatic rings. The quantitative estimate of drug-likeness (QED) is 0.419. The average molecular weight is 487 g/mol. The van der Waals surface area contributed by atoms with E-state index in [4.69, 9.17) is 4.74 Å². The zero-order valence-corrected chi connectivity index (χ0v) is 20.1. The number of thiazole rings is 1. The van der Waals surface area contributed by atoms with Crippen molar-refractivity contribution in [3.63, 3.8) is 0 Å². The zero-order chi connectivity index (χ0) is 24.5. The number of nitrogens with zero attached hydrogens (tertiary/aromatic N) is 1. The molecule has 2 heterocycles. The first-order chi connectivity index (χ1) is 16.3. The Morgan fingerprint density at radius 1 is 1.18 bits per heavy atom. The Hall–Kier alpha value is -3.27. The summed E-state index contributed by atoms with van der Waals surface area (Å²) in [6.07, 6.45) is 1.92. The predicted octanol–water partition coefficient (Wildman–Crippen LogP) is 2.68. The van der Waals surface area contributed by atoms with Gasteiger partial charge in [-0.3, -0.25) is 14.4 Å². The van der Waals surface area contributed by atoms with E-state index in [2.05, 4.69) is 20.9 Å². The minimum absolute atomic E-state index is 0.0740.